The Morgan fingerprint density at radius 1 is 1.19 bits per heavy atom. The minimum Gasteiger partial charge on any atom is -0.508 e. The summed E-state index contributed by atoms with van der Waals surface area (Å²) in [5.74, 6) is 0.154. The molecule has 3 rings (SSSR count). The number of nitrogens with zero attached hydrogens (tertiary/aromatic N) is 2. The molecule has 1 aliphatic heterocycles. The standard InChI is InChI=1S/C21H24N2O3/c1-15(24)23-11-10-17-7-3-4-9-19(17)20(23)13-21(26)22(2)14-16-6-5-8-18(25)12-16/h3-9,12,20,25H,10-11,13-14H2,1-2H3. The molecule has 1 heterocycles. The van der Waals surface area contributed by atoms with Crippen LogP contribution in [0.5, 0.6) is 5.75 Å². The maximum absolute atomic E-state index is 12.8. The van der Waals surface area contributed by atoms with Crippen LogP contribution in [0.1, 0.15) is 36.1 Å². The predicted molar refractivity (Wildman–Crippen MR) is 99.5 cm³/mol. The lowest BCUT2D eigenvalue weighted by molar-refractivity contribution is -0.136. The Morgan fingerprint density at radius 2 is 1.96 bits per heavy atom. The largest absolute Gasteiger partial charge is 0.508 e. The van der Waals surface area contributed by atoms with E-state index in [1.165, 1.54) is 5.56 Å². The quantitative estimate of drug-likeness (QED) is 0.920. The molecule has 0 bridgehead atoms. The van der Waals surface area contributed by atoms with Crippen molar-refractivity contribution in [2.75, 3.05) is 13.6 Å². The summed E-state index contributed by atoms with van der Waals surface area (Å²) in [6.45, 7) is 2.62. The van der Waals surface area contributed by atoms with Crippen LogP contribution in [0.15, 0.2) is 48.5 Å². The second kappa shape index (κ2) is 7.60. The van der Waals surface area contributed by atoms with Crippen molar-refractivity contribution in [1.82, 2.24) is 9.80 Å². The normalized spacial score (nSPS) is 16.1. The maximum Gasteiger partial charge on any atom is 0.225 e. The van der Waals surface area contributed by atoms with Crippen LogP contribution in [0, 0.1) is 0 Å². The second-order valence-electron chi connectivity index (χ2n) is 6.80. The van der Waals surface area contributed by atoms with Gasteiger partial charge in [-0.25, -0.2) is 0 Å². The van der Waals surface area contributed by atoms with Gasteiger partial charge in [-0.3, -0.25) is 9.59 Å². The molecule has 0 spiro atoms. The van der Waals surface area contributed by atoms with Crippen LogP contribution in [0.25, 0.3) is 0 Å². The van der Waals surface area contributed by atoms with E-state index < -0.39 is 0 Å². The first kappa shape index (κ1) is 18.0. The molecule has 5 heteroatoms. The zero-order chi connectivity index (χ0) is 18.7. The van der Waals surface area contributed by atoms with E-state index in [1.807, 2.05) is 24.3 Å². The van der Waals surface area contributed by atoms with E-state index in [9.17, 15) is 14.7 Å². The van der Waals surface area contributed by atoms with E-state index in [1.54, 1.807) is 42.0 Å². The lowest BCUT2D eigenvalue weighted by Gasteiger charge is -2.37. The molecule has 136 valence electrons. The monoisotopic (exact) mass is 352 g/mol. The van der Waals surface area contributed by atoms with Crippen LogP contribution >= 0.6 is 0 Å². The Labute approximate surface area is 153 Å². The summed E-state index contributed by atoms with van der Waals surface area (Å²) >= 11 is 0. The molecule has 2 aromatic carbocycles. The van der Waals surface area contributed by atoms with Gasteiger partial charge in [0.05, 0.1) is 12.5 Å². The number of rotatable bonds is 4. The number of phenolic OH excluding ortho intramolecular Hbond substituents is 1. The van der Waals surface area contributed by atoms with Crippen molar-refractivity contribution in [2.24, 2.45) is 0 Å². The number of fused-ring (bicyclic) bond motifs is 1. The van der Waals surface area contributed by atoms with Gasteiger partial charge in [0.1, 0.15) is 5.75 Å². The fraction of sp³-hybridized carbons (Fsp3) is 0.333. The number of aromatic hydroxyl groups is 1. The van der Waals surface area contributed by atoms with Crippen LogP contribution in [-0.4, -0.2) is 40.3 Å². The van der Waals surface area contributed by atoms with E-state index in [-0.39, 0.29) is 30.0 Å². The molecule has 1 N–H and O–H groups in total. The van der Waals surface area contributed by atoms with Gasteiger partial charge in [0, 0.05) is 27.1 Å². The lowest BCUT2D eigenvalue weighted by atomic mass is 9.90. The molecule has 0 radical (unpaired) electrons. The molecule has 26 heavy (non-hydrogen) atoms. The first-order valence-corrected chi connectivity index (χ1v) is 8.82. The Hall–Kier alpha value is -2.82. The predicted octanol–water partition coefficient (Wildman–Crippen LogP) is 2.89. The molecule has 2 amide bonds. The van der Waals surface area contributed by atoms with Gasteiger partial charge in [-0.1, -0.05) is 36.4 Å². The fourth-order valence-electron chi connectivity index (χ4n) is 3.59. The first-order valence-electron chi connectivity index (χ1n) is 8.82. The highest BCUT2D eigenvalue weighted by Gasteiger charge is 2.31. The van der Waals surface area contributed by atoms with Crippen LogP contribution in [0.3, 0.4) is 0 Å². The molecule has 1 unspecified atom stereocenters. The van der Waals surface area contributed by atoms with Gasteiger partial charge in [0.25, 0.3) is 0 Å². The number of hydrogen-bond acceptors (Lipinski definition) is 3. The lowest BCUT2D eigenvalue weighted by Crippen LogP contribution is -2.41. The number of carbonyl (C=O) groups is 2. The Morgan fingerprint density at radius 3 is 2.69 bits per heavy atom. The highest BCUT2D eigenvalue weighted by atomic mass is 16.3. The van der Waals surface area contributed by atoms with Gasteiger partial charge < -0.3 is 14.9 Å². The van der Waals surface area contributed by atoms with Gasteiger partial charge in [0.2, 0.25) is 11.8 Å². The van der Waals surface area contributed by atoms with Gasteiger partial charge in [-0.2, -0.15) is 0 Å². The van der Waals surface area contributed by atoms with Gasteiger partial charge >= 0.3 is 0 Å². The molecule has 0 saturated heterocycles. The molecule has 1 aliphatic rings. The second-order valence-corrected chi connectivity index (χ2v) is 6.80. The average molecular weight is 352 g/mol. The van der Waals surface area contributed by atoms with E-state index in [0.717, 1.165) is 17.5 Å². The first-order chi connectivity index (χ1) is 12.5. The van der Waals surface area contributed by atoms with Crippen molar-refractivity contribution < 1.29 is 14.7 Å². The minimum absolute atomic E-state index is 0.00654. The van der Waals surface area contributed by atoms with Crippen molar-refractivity contribution in [1.29, 1.82) is 0 Å². The van der Waals surface area contributed by atoms with E-state index in [0.29, 0.717) is 13.1 Å². The summed E-state index contributed by atoms with van der Waals surface area (Å²) in [6, 6.07) is 14.7. The Bertz CT molecular complexity index is 818. The molecule has 2 aromatic rings. The van der Waals surface area contributed by atoms with Gasteiger partial charge in [-0.15, -0.1) is 0 Å². The van der Waals surface area contributed by atoms with Crippen LogP contribution in [0.2, 0.25) is 0 Å². The van der Waals surface area contributed by atoms with Crippen molar-refractivity contribution in [3.05, 3.63) is 65.2 Å². The summed E-state index contributed by atoms with van der Waals surface area (Å²) in [7, 11) is 1.75. The summed E-state index contributed by atoms with van der Waals surface area (Å²) < 4.78 is 0. The number of hydrogen-bond donors (Lipinski definition) is 1. The van der Waals surface area contributed by atoms with Crippen LogP contribution < -0.4 is 0 Å². The molecular weight excluding hydrogens is 328 g/mol. The highest BCUT2D eigenvalue weighted by molar-refractivity contribution is 5.79. The number of amides is 2. The summed E-state index contributed by atoms with van der Waals surface area (Å²) in [6.07, 6.45) is 1.07. The van der Waals surface area contributed by atoms with Crippen LogP contribution in [-0.2, 0) is 22.6 Å². The van der Waals surface area contributed by atoms with Crippen molar-refractivity contribution >= 4 is 11.8 Å². The smallest absolute Gasteiger partial charge is 0.225 e. The SMILES string of the molecule is CC(=O)N1CCc2ccccc2C1CC(=O)N(C)Cc1cccc(O)c1. The van der Waals surface area contributed by atoms with E-state index in [2.05, 4.69) is 6.07 Å². The molecule has 5 nitrogen and oxygen atoms in total. The summed E-state index contributed by atoms with van der Waals surface area (Å²) in [5, 5.41) is 9.58. The van der Waals surface area contributed by atoms with Gasteiger partial charge in [0.15, 0.2) is 0 Å². The van der Waals surface area contributed by atoms with Crippen LogP contribution in [0.4, 0.5) is 0 Å². The number of phenols is 1. The summed E-state index contributed by atoms with van der Waals surface area (Å²) in [4.78, 5) is 28.3. The molecule has 0 aliphatic carbocycles. The Kier molecular flexibility index (Phi) is 5.26. The maximum atomic E-state index is 12.8. The molecule has 0 saturated carbocycles. The van der Waals surface area contributed by atoms with Gasteiger partial charge in [-0.05, 0) is 35.2 Å². The highest BCUT2D eigenvalue weighted by Crippen LogP contribution is 2.32. The third kappa shape index (κ3) is 3.87. The van der Waals surface area contributed by atoms with E-state index >= 15 is 0 Å². The Balaban J connectivity index is 1.76. The molecule has 1 atom stereocenters. The van der Waals surface area contributed by atoms with Crippen molar-refractivity contribution in [3.63, 3.8) is 0 Å². The molecule has 0 fully saturated rings. The molecular formula is C21H24N2O3. The third-order valence-corrected chi connectivity index (χ3v) is 4.94. The van der Waals surface area contributed by atoms with Crippen molar-refractivity contribution in [3.8, 4) is 5.75 Å². The average Bonchev–Trinajstić information content (AvgIpc) is 2.61. The van der Waals surface area contributed by atoms with E-state index in [4.69, 9.17) is 0 Å². The summed E-state index contributed by atoms with van der Waals surface area (Å²) in [5.41, 5.74) is 3.14. The zero-order valence-corrected chi connectivity index (χ0v) is 15.2. The fourth-order valence-corrected chi connectivity index (χ4v) is 3.59. The zero-order valence-electron chi connectivity index (χ0n) is 15.2. The minimum atomic E-state index is -0.225. The third-order valence-electron chi connectivity index (χ3n) is 4.94. The molecule has 0 aromatic heterocycles. The topological polar surface area (TPSA) is 60.9 Å². The number of benzene rings is 2. The van der Waals surface area contributed by atoms with Crippen molar-refractivity contribution in [2.45, 2.75) is 32.4 Å². The number of carbonyl (C=O) groups excluding carboxylic acids is 2.